The minimum absolute atomic E-state index is 0.0568. The zero-order chi connectivity index (χ0) is 22.6. The number of fused-ring (bicyclic) bond motifs is 1. The molecule has 1 atom stereocenters. The van der Waals surface area contributed by atoms with E-state index in [9.17, 15) is 4.79 Å². The highest BCUT2D eigenvalue weighted by Crippen LogP contribution is 2.31. The van der Waals surface area contributed by atoms with Gasteiger partial charge in [-0.3, -0.25) is 4.90 Å². The van der Waals surface area contributed by atoms with Gasteiger partial charge in [0.15, 0.2) is 0 Å². The predicted octanol–water partition coefficient (Wildman–Crippen LogP) is 3.59. The summed E-state index contributed by atoms with van der Waals surface area (Å²) in [5, 5.41) is 9.06. The van der Waals surface area contributed by atoms with E-state index in [2.05, 4.69) is 45.7 Å². The molecule has 3 aromatic rings. The van der Waals surface area contributed by atoms with E-state index in [-0.39, 0.29) is 18.1 Å². The minimum atomic E-state index is 0.0568. The fourth-order valence-electron chi connectivity index (χ4n) is 4.97. The van der Waals surface area contributed by atoms with E-state index in [0.717, 1.165) is 60.9 Å². The van der Waals surface area contributed by atoms with Crippen molar-refractivity contribution in [1.29, 1.82) is 0 Å². The normalized spacial score (nSPS) is 19.4. The fraction of sp³-hybridized carbons (Fsp3) is 0.440. The number of nitrogens with one attached hydrogen (secondary N) is 2. The van der Waals surface area contributed by atoms with Gasteiger partial charge in [0, 0.05) is 49.7 Å². The second-order valence-corrected chi connectivity index (χ2v) is 8.94. The van der Waals surface area contributed by atoms with Gasteiger partial charge in [-0.25, -0.2) is 19.7 Å². The van der Waals surface area contributed by atoms with Crippen LogP contribution in [0.25, 0.3) is 10.8 Å². The Hall–Kier alpha value is -3.26. The third-order valence-electron chi connectivity index (χ3n) is 6.71. The number of likely N-dealkylation sites (tertiary alicyclic amines) is 1. The summed E-state index contributed by atoms with van der Waals surface area (Å²) in [5.41, 5.74) is 1.14. The van der Waals surface area contributed by atoms with Crippen molar-refractivity contribution in [2.75, 3.05) is 36.4 Å². The molecule has 2 saturated heterocycles. The summed E-state index contributed by atoms with van der Waals surface area (Å²) >= 11 is 0. The molecule has 5 rings (SSSR count). The number of benzene rings is 1. The monoisotopic (exact) mass is 445 g/mol. The maximum absolute atomic E-state index is 14.0. The van der Waals surface area contributed by atoms with Crippen LogP contribution in [-0.2, 0) is 0 Å². The van der Waals surface area contributed by atoms with Gasteiger partial charge in [0.25, 0.3) is 0 Å². The first kappa shape index (κ1) is 21.6. The molecule has 172 valence electrons. The number of anilines is 2. The molecule has 2 aliphatic heterocycles. The number of urea groups is 1. The van der Waals surface area contributed by atoms with Crippen molar-refractivity contribution in [2.24, 2.45) is 0 Å². The number of piperidine rings is 2. The Kier molecular flexibility index (Phi) is 6.35. The third-order valence-corrected chi connectivity index (χ3v) is 6.71. The summed E-state index contributed by atoms with van der Waals surface area (Å²) in [6.07, 6.45) is 9.06. The van der Waals surface area contributed by atoms with E-state index in [1.165, 1.54) is 0 Å². The summed E-state index contributed by atoms with van der Waals surface area (Å²) in [6.45, 7) is 5.28. The number of hydrogen-bond donors (Lipinski definition) is 2. The average Bonchev–Trinajstić information content (AvgIpc) is 2.86. The predicted molar refractivity (Wildman–Crippen MR) is 130 cm³/mol. The topological polar surface area (TPSA) is 86.3 Å². The Morgan fingerprint density at radius 1 is 1.06 bits per heavy atom. The lowest BCUT2D eigenvalue weighted by Gasteiger charge is -2.40. The number of rotatable bonds is 4. The van der Waals surface area contributed by atoms with Crippen LogP contribution < -0.4 is 15.5 Å². The van der Waals surface area contributed by atoms with Crippen molar-refractivity contribution in [3.8, 4) is 0 Å². The number of hydrogen-bond acceptors (Lipinski definition) is 6. The number of carbonyl (C=O) groups excluding carboxylic acids is 1. The first-order chi connectivity index (χ1) is 16.2. The molecule has 0 aliphatic carbocycles. The fourth-order valence-corrected chi connectivity index (χ4v) is 4.97. The van der Waals surface area contributed by atoms with Gasteiger partial charge in [0.1, 0.15) is 5.82 Å². The zero-order valence-corrected chi connectivity index (χ0v) is 19.1. The van der Waals surface area contributed by atoms with Crippen LogP contribution in [0.3, 0.4) is 0 Å². The van der Waals surface area contributed by atoms with E-state index in [1.807, 2.05) is 28.1 Å². The summed E-state index contributed by atoms with van der Waals surface area (Å²) in [7, 11) is 0. The van der Waals surface area contributed by atoms with Gasteiger partial charge < -0.3 is 15.5 Å². The van der Waals surface area contributed by atoms with E-state index in [4.69, 9.17) is 4.98 Å². The Morgan fingerprint density at radius 2 is 1.88 bits per heavy atom. The van der Waals surface area contributed by atoms with Gasteiger partial charge in [-0.1, -0.05) is 18.2 Å². The van der Waals surface area contributed by atoms with Crippen molar-refractivity contribution in [1.82, 2.24) is 25.2 Å². The van der Waals surface area contributed by atoms with Crippen LogP contribution in [0.1, 0.15) is 31.2 Å². The number of nitrogens with zero attached hydrogens (tertiary/aromatic N) is 5. The molecule has 2 fully saturated rings. The largest absolute Gasteiger partial charge is 0.351 e. The lowest BCUT2D eigenvalue weighted by atomic mass is 10.0. The lowest BCUT2D eigenvalue weighted by molar-refractivity contribution is 0.186. The molecule has 0 bridgehead atoms. The van der Waals surface area contributed by atoms with Crippen LogP contribution >= 0.6 is 0 Å². The van der Waals surface area contributed by atoms with E-state index < -0.39 is 0 Å². The highest BCUT2D eigenvalue weighted by molar-refractivity contribution is 6.03. The molecule has 33 heavy (non-hydrogen) atoms. The van der Waals surface area contributed by atoms with Crippen LogP contribution in [0, 0.1) is 6.92 Å². The van der Waals surface area contributed by atoms with Gasteiger partial charge in [0.05, 0.1) is 6.04 Å². The van der Waals surface area contributed by atoms with E-state index >= 15 is 0 Å². The van der Waals surface area contributed by atoms with Crippen LogP contribution in [0.5, 0.6) is 0 Å². The van der Waals surface area contributed by atoms with Crippen molar-refractivity contribution in [3.63, 3.8) is 0 Å². The minimum Gasteiger partial charge on any atom is -0.351 e. The number of carbonyl (C=O) groups is 1. The van der Waals surface area contributed by atoms with Crippen molar-refractivity contribution in [3.05, 3.63) is 54.5 Å². The molecule has 2 aliphatic rings. The van der Waals surface area contributed by atoms with Crippen molar-refractivity contribution in [2.45, 2.75) is 44.7 Å². The van der Waals surface area contributed by atoms with Crippen LogP contribution in [0.4, 0.5) is 16.6 Å². The Morgan fingerprint density at radius 3 is 2.64 bits per heavy atom. The summed E-state index contributed by atoms with van der Waals surface area (Å²) in [4.78, 5) is 31.2. The summed E-state index contributed by atoms with van der Waals surface area (Å²) in [6, 6.07) is 10.5. The summed E-state index contributed by atoms with van der Waals surface area (Å²) in [5.74, 6) is 1.43. The van der Waals surface area contributed by atoms with Crippen LogP contribution in [0.15, 0.2) is 48.9 Å². The van der Waals surface area contributed by atoms with E-state index in [0.29, 0.717) is 19.0 Å². The molecule has 0 saturated carbocycles. The summed E-state index contributed by atoms with van der Waals surface area (Å²) < 4.78 is 0. The number of pyridine rings is 1. The Bertz CT molecular complexity index is 1090. The maximum Gasteiger partial charge on any atom is 0.325 e. The molecular weight excluding hydrogens is 414 g/mol. The second kappa shape index (κ2) is 9.70. The SMILES string of the molecule is Cc1cccc2ccnc(N(C(=O)N3CCC(Nc4ncccn4)CC3)[C@@H]3CCCNC3)c12. The van der Waals surface area contributed by atoms with Gasteiger partial charge in [-0.05, 0) is 62.2 Å². The van der Waals surface area contributed by atoms with Gasteiger partial charge in [0.2, 0.25) is 5.95 Å². The van der Waals surface area contributed by atoms with Crippen molar-refractivity contribution < 1.29 is 4.79 Å². The third kappa shape index (κ3) is 4.61. The molecule has 0 unspecified atom stereocenters. The lowest BCUT2D eigenvalue weighted by Crippen LogP contribution is -2.55. The molecule has 8 nitrogen and oxygen atoms in total. The number of aromatic nitrogens is 3. The average molecular weight is 446 g/mol. The maximum atomic E-state index is 14.0. The van der Waals surface area contributed by atoms with Gasteiger partial charge >= 0.3 is 6.03 Å². The van der Waals surface area contributed by atoms with Gasteiger partial charge in [-0.15, -0.1) is 0 Å². The van der Waals surface area contributed by atoms with Crippen LogP contribution in [-0.4, -0.2) is 64.1 Å². The first-order valence-corrected chi connectivity index (χ1v) is 11.9. The number of aryl methyl sites for hydroxylation is 1. The Labute approximate surface area is 194 Å². The molecule has 0 spiro atoms. The molecule has 4 heterocycles. The standard InChI is InChI=1S/C25H31N7O/c1-18-5-2-6-19-8-14-27-23(22(18)19)32(21-7-3-11-26-17-21)25(33)31-15-9-20(10-16-31)30-24-28-12-4-13-29-24/h2,4-6,8,12-14,20-21,26H,3,7,9-11,15-17H2,1H3,(H,28,29,30)/t21-/m1/s1. The van der Waals surface area contributed by atoms with Gasteiger partial charge in [-0.2, -0.15) is 0 Å². The van der Waals surface area contributed by atoms with Crippen molar-refractivity contribution >= 4 is 28.6 Å². The zero-order valence-electron chi connectivity index (χ0n) is 19.1. The quantitative estimate of drug-likeness (QED) is 0.638. The molecule has 2 amide bonds. The van der Waals surface area contributed by atoms with E-state index in [1.54, 1.807) is 12.4 Å². The highest BCUT2D eigenvalue weighted by Gasteiger charge is 2.34. The second-order valence-electron chi connectivity index (χ2n) is 8.94. The first-order valence-electron chi connectivity index (χ1n) is 11.9. The highest BCUT2D eigenvalue weighted by atomic mass is 16.2. The molecule has 0 radical (unpaired) electrons. The number of amides is 2. The molecule has 1 aromatic carbocycles. The smallest absolute Gasteiger partial charge is 0.325 e. The molecule has 8 heteroatoms. The molecular formula is C25H31N7O. The molecule has 2 N–H and O–H groups in total. The molecule has 2 aromatic heterocycles. The van der Waals surface area contributed by atoms with Crippen LogP contribution in [0.2, 0.25) is 0 Å². The Balaban J connectivity index is 1.39.